The van der Waals surface area contributed by atoms with Crippen molar-refractivity contribution in [2.45, 2.75) is 13.2 Å². The first-order valence-corrected chi connectivity index (χ1v) is 5.09. The Balaban J connectivity index is 2.86. The summed E-state index contributed by atoms with van der Waals surface area (Å²) >= 11 is 1.12. The van der Waals surface area contributed by atoms with Crippen molar-refractivity contribution in [1.82, 2.24) is 10.3 Å². The van der Waals surface area contributed by atoms with E-state index >= 15 is 0 Å². The molecule has 0 atom stereocenters. The lowest BCUT2D eigenvalue weighted by molar-refractivity contribution is 0.102. The number of carbonyl (C=O) groups is 2. The van der Waals surface area contributed by atoms with Gasteiger partial charge in [0.05, 0.1) is 18.4 Å². The van der Waals surface area contributed by atoms with Crippen molar-refractivity contribution in [2.24, 2.45) is 0 Å². The van der Waals surface area contributed by atoms with E-state index in [-0.39, 0.29) is 18.1 Å². The van der Waals surface area contributed by atoms with Crippen molar-refractivity contribution in [3.05, 3.63) is 10.6 Å². The molecule has 0 unspecified atom stereocenters. The van der Waals surface area contributed by atoms with Gasteiger partial charge in [-0.05, 0) is 13.2 Å². The molecule has 5 nitrogen and oxygen atoms in total. The van der Waals surface area contributed by atoms with E-state index in [1.807, 2.05) is 0 Å². The van der Waals surface area contributed by atoms with Crippen LogP contribution in [0.25, 0.3) is 0 Å². The third-order valence-electron chi connectivity index (χ3n) is 1.68. The maximum absolute atomic E-state index is 11.3. The minimum Gasteiger partial charge on any atom is -0.341 e. The highest BCUT2D eigenvalue weighted by Gasteiger charge is 2.14. The summed E-state index contributed by atoms with van der Waals surface area (Å²) in [4.78, 5) is 26.8. The zero-order valence-corrected chi connectivity index (χ0v) is 9.27. The Morgan fingerprint density at radius 1 is 1.53 bits per heavy atom. The van der Waals surface area contributed by atoms with Crippen LogP contribution in [0.1, 0.15) is 15.4 Å². The molecule has 0 spiro atoms. The first kappa shape index (κ1) is 11.7. The van der Waals surface area contributed by atoms with Crippen LogP contribution in [0.15, 0.2) is 0 Å². The van der Waals surface area contributed by atoms with Crippen molar-refractivity contribution >= 4 is 36.1 Å². The van der Waals surface area contributed by atoms with Crippen LogP contribution < -0.4 is 10.6 Å². The number of nitrogens with zero attached hydrogens (tertiary/aromatic N) is 1. The van der Waals surface area contributed by atoms with Gasteiger partial charge in [0.2, 0.25) is 0 Å². The average molecular weight is 223 g/mol. The molecule has 78 valence electrons. The van der Waals surface area contributed by atoms with E-state index in [2.05, 4.69) is 15.6 Å². The van der Waals surface area contributed by atoms with Crippen molar-refractivity contribution in [3.63, 3.8) is 0 Å². The second-order valence-corrected chi connectivity index (χ2v) is 3.76. The van der Waals surface area contributed by atoms with Crippen LogP contribution >= 0.6 is 11.3 Å². The number of urea groups is 1. The Labute approximate surface area is 92.7 Å². The molecule has 1 heterocycles. The minimum absolute atomic E-state index is 0.0531. The zero-order chi connectivity index (χ0) is 11.4. The predicted molar refractivity (Wildman–Crippen MR) is 59.8 cm³/mol. The van der Waals surface area contributed by atoms with Crippen molar-refractivity contribution in [1.29, 1.82) is 0 Å². The highest BCUT2D eigenvalue weighted by atomic mass is 32.1. The number of Topliss-reactive ketones (excluding diaryl/α,β-unsaturated/α-hetero) is 1. The van der Waals surface area contributed by atoms with E-state index in [4.69, 9.17) is 7.85 Å². The number of aromatic nitrogens is 1. The van der Waals surface area contributed by atoms with E-state index in [9.17, 15) is 9.59 Å². The van der Waals surface area contributed by atoms with Gasteiger partial charge in [0.1, 0.15) is 0 Å². The number of aryl methyl sites for hydroxylation is 1. The van der Waals surface area contributed by atoms with Crippen LogP contribution in [0.3, 0.4) is 0 Å². The topological polar surface area (TPSA) is 71.1 Å². The number of rotatable bonds is 3. The third kappa shape index (κ3) is 2.79. The Kier molecular flexibility index (Phi) is 3.84. The smallest absolute Gasteiger partial charge is 0.320 e. The van der Waals surface area contributed by atoms with E-state index in [0.717, 1.165) is 11.3 Å². The molecule has 2 N–H and O–H groups in total. The normalized spacial score (nSPS) is 9.73. The summed E-state index contributed by atoms with van der Waals surface area (Å²) in [5, 5.41) is 5.28. The van der Waals surface area contributed by atoms with Crippen molar-refractivity contribution < 1.29 is 9.59 Å². The molecule has 0 aromatic carbocycles. The van der Waals surface area contributed by atoms with E-state index in [1.165, 1.54) is 7.05 Å². The SMILES string of the molecule is [B]CC(=O)c1sc(NC(=O)NC)nc1C. The average Bonchev–Trinajstić information content (AvgIpc) is 2.58. The molecule has 0 aliphatic rings. The van der Waals surface area contributed by atoms with Crippen molar-refractivity contribution in [2.75, 3.05) is 12.4 Å². The molecule has 7 heteroatoms. The Morgan fingerprint density at radius 3 is 2.73 bits per heavy atom. The second kappa shape index (κ2) is 4.93. The van der Waals surface area contributed by atoms with Crippen LogP contribution in [0.4, 0.5) is 9.93 Å². The van der Waals surface area contributed by atoms with E-state index in [1.54, 1.807) is 6.92 Å². The van der Waals surface area contributed by atoms with Crippen molar-refractivity contribution in [3.8, 4) is 0 Å². The highest BCUT2D eigenvalue weighted by Crippen LogP contribution is 2.23. The van der Waals surface area contributed by atoms with Gasteiger partial charge in [-0.25, -0.2) is 9.78 Å². The van der Waals surface area contributed by atoms with Gasteiger partial charge < -0.3 is 5.32 Å². The first-order chi connectivity index (χ1) is 7.08. The van der Waals surface area contributed by atoms with E-state index in [0.29, 0.717) is 15.7 Å². The fourth-order valence-corrected chi connectivity index (χ4v) is 1.87. The number of thiazole rings is 1. The molecule has 0 bridgehead atoms. The number of amides is 2. The lowest BCUT2D eigenvalue weighted by Crippen LogP contribution is -2.24. The molecule has 0 fully saturated rings. The largest absolute Gasteiger partial charge is 0.341 e. The number of anilines is 1. The number of nitrogens with one attached hydrogen (secondary N) is 2. The quantitative estimate of drug-likeness (QED) is 0.592. The minimum atomic E-state index is -0.365. The third-order valence-corrected chi connectivity index (χ3v) is 2.80. The fraction of sp³-hybridized carbons (Fsp3) is 0.375. The van der Waals surface area contributed by atoms with Crippen LogP contribution in [0, 0.1) is 6.92 Å². The molecule has 0 aliphatic heterocycles. The summed E-state index contributed by atoms with van der Waals surface area (Å²) in [7, 11) is 6.74. The van der Waals surface area contributed by atoms with Gasteiger partial charge in [0.25, 0.3) is 0 Å². The van der Waals surface area contributed by atoms with Crippen LogP contribution in [0.5, 0.6) is 0 Å². The molecule has 15 heavy (non-hydrogen) atoms. The second-order valence-electron chi connectivity index (χ2n) is 2.76. The van der Waals surface area contributed by atoms with Gasteiger partial charge in [0.15, 0.2) is 10.9 Å². The maximum Gasteiger partial charge on any atom is 0.320 e. The van der Waals surface area contributed by atoms with Gasteiger partial charge in [0, 0.05) is 7.05 Å². The summed E-state index contributed by atoms with van der Waals surface area (Å²) in [6.07, 6.45) is -0.0531. The van der Waals surface area contributed by atoms with E-state index < -0.39 is 0 Å². The fourth-order valence-electron chi connectivity index (χ4n) is 0.961. The zero-order valence-electron chi connectivity index (χ0n) is 8.46. The lowest BCUT2D eigenvalue weighted by atomic mass is 10.00. The number of hydrogen-bond acceptors (Lipinski definition) is 4. The summed E-state index contributed by atoms with van der Waals surface area (Å²) < 4.78 is 0. The monoisotopic (exact) mass is 223 g/mol. The maximum atomic E-state index is 11.3. The van der Waals surface area contributed by atoms with Crippen LogP contribution in [-0.4, -0.2) is 31.7 Å². The standard InChI is InChI=1S/C8H10BN3O2S/c1-4-6(5(13)3-9)15-8(11-4)12-7(14)10-2/h3H2,1-2H3,(H2,10,11,12,14). The Bertz CT molecular complexity index is 391. The number of carbonyl (C=O) groups excluding carboxylic acids is 2. The number of hydrogen-bond donors (Lipinski definition) is 2. The van der Waals surface area contributed by atoms with Gasteiger partial charge in [-0.2, -0.15) is 0 Å². The summed E-state index contributed by atoms with van der Waals surface area (Å²) in [6.45, 7) is 1.70. The lowest BCUT2D eigenvalue weighted by Gasteiger charge is -1.97. The molecule has 1 aromatic rings. The molecular formula is C8H10BN3O2S. The predicted octanol–water partition coefficient (Wildman–Crippen LogP) is 0.972. The summed E-state index contributed by atoms with van der Waals surface area (Å²) in [6, 6.07) is -0.365. The van der Waals surface area contributed by atoms with Gasteiger partial charge in [-0.15, -0.1) is 0 Å². The molecular weight excluding hydrogens is 213 g/mol. The molecule has 1 rings (SSSR count). The molecule has 2 radical (unpaired) electrons. The highest BCUT2D eigenvalue weighted by molar-refractivity contribution is 7.17. The molecule has 2 amide bonds. The Morgan fingerprint density at radius 2 is 2.20 bits per heavy atom. The van der Waals surface area contributed by atoms with Gasteiger partial charge >= 0.3 is 6.03 Å². The van der Waals surface area contributed by atoms with Crippen LogP contribution in [0.2, 0.25) is 6.32 Å². The molecule has 0 aliphatic carbocycles. The summed E-state index contributed by atoms with van der Waals surface area (Å²) in [5.41, 5.74) is 0.585. The van der Waals surface area contributed by atoms with Crippen LogP contribution in [-0.2, 0) is 0 Å². The Hall–Kier alpha value is -1.37. The first-order valence-electron chi connectivity index (χ1n) is 4.28. The van der Waals surface area contributed by atoms with Gasteiger partial charge in [-0.1, -0.05) is 11.3 Å². The molecule has 0 saturated heterocycles. The molecule has 1 aromatic heterocycles. The summed E-state index contributed by atoms with van der Waals surface area (Å²) in [5.74, 6) is -0.171. The van der Waals surface area contributed by atoms with Gasteiger partial charge in [-0.3, -0.25) is 10.1 Å². The molecule has 0 saturated carbocycles. The number of ketones is 1.